The van der Waals surface area contributed by atoms with Gasteiger partial charge < -0.3 is 31.8 Å². The first-order valence-electron chi connectivity index (χ1n) is 10.9. The molecule has 4 rings (SSSR count). The Morgan fingerprint density at radius 3 is 2.74 bits per heavy atom. The summed E-state index contributed by atoms with van der Waals surface area (Å²) in [6.07, 6.45) is 2.72. The standard InChI is InChI=1S/C26H26N6O3/c1-13-9-18(15(3)31-21-5-4-8-30-22(21)26(29)32-34)25-19(10-13)23(33)14(2)24(35-25)16-6-7-20(28)17(11-16)12-27/h4-12,15,27,31,34H,28H2,1-3H3,(H2,29,32). The number of aromatic nitrogens is 1. The van der Waals surface area contributed by atoms with Crippen molar-refractivity contribution in [2.24, 2.45) is 10.9 Å². The second kappa shape index (κ2) is 9.30. The maximum absolute atomic E-state index is 13.4. The van der Waals surface area contributed by atoms with E-state index in [1.165, 1.54) is 6.21 Å². The lowest BCUT2D eigenvalue weighted by Gasteiger charge is -2.20. The van der Waals surface area contributed by atoms with E-state index in [4.69, 9.17) is 26.5 Å². The van der Waals surface area contributed by atoms with E-state index in [0.717, 1.165) is 11.1 Å². The van der Waals surface area contributed by atoms with Gasteiger partial charge in [0.05, 0.1) is 17.1 Å². The predicted molar refractivity (Wildman–Crippen MR) is 138 cm³/mol. The molecule has 1 unspecified atom stereocenters. The van der Waals surface area contributed by atoms with E-state index in [1.807, 2.05) is 26.0 Å². The molecule has 0 spiro atoms. The van der Waals surface area contributed by atoms with E-state index < -0.39 is 0 Å². The number of amidine groups is 1. The van der Waals surface area contributed by atoms with E-state index in [0.29, 0.717) is 50.5 Å². The molecule has 0 radical (unpaired) electrons. The van der Waals surface area contributed by atoms with Gasteiger partial charge in [0.2, 0.25) is 0 Å². The Bertz CT molecular complexity index is 1540. The van der Waals surface area contributed by atoms with E-state index >= 15 is 0 Å². The maximum Gasteiger partial charge on any atom is 0.196 e. The third-order valence-corrected chi connectivity index (χ3v) is 5.89. The number of benzene rings is 2. The smallest absolute Gasteiger partial charge is 0.196 e. The van der Waals surface area contributed by atoms with E-state index in [9.17, 15) is 4.79 Å². The van der Waals surface area contributed by atoms with Crippen LogP contribution in [0.25, 0.3) is 22.3 Å². The highest BCUT2D eigenvalue weighted by atomic mass is 16.4. The molecule has 178 valence electrons. The quantitative estimate of drug-likeness (QED) is 0.0920. The van der Waals surface area contributed by atoms with E-state index in [1.54, 1.807) is 43.5 Å². The first-order chi connectivity index (χ1) is 16.7. The van der Waals surface area contributed by atoms with Crippen molar-refractivity contribution in [3.8, 4) is 11.3 Å². The van der Waals surface area contributed by atoms with Gasteiger partial charge in [-0.25, -0.2) is 0 Å². The number of anilines is 2. The average Bonchev–Trinajstić information content (AvgIpc) is 2.86. The molecule has 4 aromatic rings. The van der Waals surface area contributed by atoms with Crippen LogP contribution in [0.15, 0.2) is 63.0 Å². The first kappa shape index (κ1) is 23.5. The van der Waals surface area contributed by atoms with E-state index in [2.05, 4.69) is 15.5 Å². The number of nitrogens with zero attached hydrogens (tertiary/aromatic N) is 2. The van der Waals surface area contributed by atoms with Crippen LogP contribution in [0, 0.1) is 19.3 Å². The number of fused-ring (bicyclic) bond motifs is 1. The van der Waals surface area contributed by atoms with Crippen LogP contribution >= 0.6 is 0 Å². The Labute approximate surface area is 201 Å². The van der Waals surface area contributed by atoms with Gasteiger partial charge in [0, 0.05) is 40.4 Å². The molecule has 0 aliphatic heterocycles. The molecule has 0 saturated carbocycles. The van der Waals surface area contributed by atoms with Crippen LogP contribution < -0.4 is 22.2 Å². The van der Waals surface area contributed by atoms with Crippen molar-refractivity contribution >= 4 is 34.4 Å². The highest BCUT2D eigenvalue weighted by Crippen LogP contribution is 2.33. The number of nitrogen functional groups attached to an aromatic ring is 1. The summed E-state index contributed by atoms with van der Waals surface area (Å²) in [4.78, 5) is 17.6. The highest BCUT2D eigenvalue weighted by molar-refractivity contribution is 6.00. The Balaban J connectivity index is 1.90. The predicted octanol–water partition coefficient (Wildman–Crippen LogP) is 4.32. The minimum atomic E-state index is -0.325. The zero-order valence-electron chi connectivity index (χ0n) is 19.6. The van der Waals surface area contributed by atoms with Crippen molar-refractivity contribution in [2.45, 2.75) is 26.8 Å². The number of nitrogens with one attached hydrogen (secondary N) is 2. The molecule has 0 aliphatic carbocycles. The largest absolute Gasteiger partial charge is 0.455 e. The second-order valence-electron chi connectivity index (χ2n) is 8.36. The lowest BCUT2D eigenvalue weighted by Crippen LogP contribution is -2.19. The number of hydrogen-bond donors (Lipinski definition) is 5. The molecule has 2 aromatic carbocycles. The Hall–Kier alpha value is -4.66. The Kier molecular flexibility index (Phi) is 6.24. The minimum Gasteiger partial charge on any atom is -0.455 e. The van der Waals surface area contributed by atoms with Gasteiger partial charge in [0.25, 0.3) is 0 Å². The molecule has 35 heavy (non-hydrogen) atoms. The average molecular weight is 471 g/mol. The molecular weight excluding hydrogens is 444 g/mol. The van der Waals surface area contributed by atoms with Crippen LogP contribution in [0.5, 0.6) is 0 Å². The van der Waals surface area contributed by atoms with Gasteiger partial charge in [0.15, 0.2) is 11.3 Å². The van der Waals surface area contributed by atoms with Crippen molar-refractivity contribution < 1.29 is 9.62 Å². The number of oxime groups is 1. The van der Waals surface area contributed by atoms with Crippen molar-refractivity contribution in [1.29, 1.82) is 5.41 Å². The normalized spacial score (nSPS) is 12.5. The van der Waals surface area contributed by atoms with Crippen molar-refractivity contribution in [1.82, 2.24) is 4.98 Å². The minimum absolute atomic E-state index is 0.121. The Morgan fingerprint density at radius 2 is 2.03 bits per heavy atom. The summed E-state index contributed by atoms with van der Waals surface area (Å²) in [5.74, 6) is 0.297. The van der Waals surface area contributed by atoms with Gasteiger partial charge >= 0.3 is 0 Å². The lowest BCUT2D eigenvalue weighted by molar-refractivity contribution is 0.318. The van der Waals surface area contributed by atoms with Crippen molar-refractivity contribution in [3.05, 3.63) is 86.8 Å². The molecule has 2 aromatic heterocycles. The summed E-state index contributed by atoms with van der Waals surface area (Å²) in [5, 5.41) is 23.6. The number of aryl methyl sites for hydroxylation is 1. The van der Waals surface area contributed by atoms with Gasteiger partial charge in [-0.05, 0) is 62.7 Å². The maximum atomic E-state index is 13.4. The second-order valence-corrected chi connectivity index (χ2v) is 8.36. The van der Waals surface area contributed by atoms with Crippen LogP contribution in [0.2, 0.25) is 0 Å². The molecule has 0 fully saturated rings. The molecule has 7 N–H and O–H groups in total. The first-order valence-corrected chi connectivity index (χ1v) is 10.9. The van der Waals surface area contributed by atoms with Crippen LogP contribution in [0.4, 0.5) is 11.4 Å². The summed E-state index contributed by atoms with van der Waals surface area (Å²) >= 11 is 0. The van der Waals surface area contributed by atoms with E-state index in [-0.39, 0.29) is 17.3 Å². The zero-order chi connectivity index (χ0) is 25.3. The third-order valence-electron chi connectivity index (χ3n) is 5.89. The number of hydrogen-bond acceptors (Lipinski definition) is 8. The molecule has 0 aliphatic rings. The molecule has 0 saturated heterocycles. The summed E-state index contributed by atoms with van der Waals surface area (Å²) < 4.78 is 6.38. The van der Waals surface area contributed by atoms with Crippen LogP contribution in [-0.4, -0.2) is 22.2 Å². The lowest BCUT2D eigenvalue weighted by atomic mass is 9.98. The molecule has 1 atom stereocenters. The van der Waals surface area contributed by atoms with Gasteiger partial charge in [-0.15, -0.1) is 0 Å². The van der Waals surface area contributed by atoms with Gasteiger partial charge in [-0.1, -0.05) is 11.2 Å². The third kappa shape index (κ3) is 4.31. The molecular formula is C26H26N6O3. The number of pyridine rings is 1. The number of nitrogens with two attached hydrogens (primary N) is 2. The summed E-state index contributed by atoms with van der Waals surface area (Å²) in [5.41, 5.74) is 16.7. The molecule has 9 nitrogen and oxygen atoms in total. The van der Waals surface area contributed by atoms with Gasteiger partial charge in [-0.2, -0.15) is 0 Å². The van der Waals surface area contributed by atoms with Crippen LogP contribution in [-0.2, 0) is 0 Å². The fourth-order valence-corrected chi connectivity index (χ4v) is 4.09. The SMILES string of the molecule is Cc1cc(C(C)Nc2cccnc2/C(N)=N/O)c2oc(-c3ccc(N)c(C=N)c3)c(C)c(=O)c2c1. The summed E-state index contributed by atoms with van der Waals surface area (Å²) in [6, 6.07) is 12.1. The Morgan fingerprint density at radius 1 is 1.26 bits per heavy atom. The fraction of sp³-hybridized carbons (Fsp3) is 0.154. The summed E-state index contributed by atoms with van der Waals surface area (Å²) in [7, 11) is 0. The fourth-order valence-electron chi connectivity index (χ4n) is 4.09. The topological polar surface area (TPSA) is 164 Å². The monoisotopic (exact) mass is 470 g/mol. The van der Waals surface area contributed by atoms with Crippen LogP contribution in [0.1, 0.15) is 40.9 Å². The highest BCUT2D eigenvalue weighted by Gasteiger charge is 2.20. The molecule has 0 bridgehead atoms. The molecule has 9 heteroatoms. The summed E-state index contributed by atoms with van der Waals surface area (Å²) in [6.45, 7) is 5.57. The van der Waals surface area contributed by atoms with Crippen molar-refractivity contribution in [3.63, 3.8) is 0 Å². The molecule has 2 heterocycles. The molecule has 0 amide bonds. The zero-order valence-corrected chi connectivity index (χ0v) is 19.6. The number of rotatable bonds is 6. The van der Waals surface area contributed by atoms with Gasteiger partial charge in [-0.3, -0.25) is 9.78 Å². The van der Waals surface area contributed by atoms with Gasteiger partial charge in [0.1, 0.15) is 17.0 Å². The van der Waals surface area contributed by atoms with Crippen LogP contribution in [0.3, 0.4) is 0 Å². The van der Waals surface area contributed by atoms with Crippen molar-refractivity contribution in [2.75, 3.05) is 11.1 Å².